The van der Waals surface area contributed by atoms with E-state index in [1.807, 2.05) is 0 Å². The highest BCUT2D eigenvalue weighted by molar-refractivity contribution is 8.15. The Morgan fingerprint density at radius 3 is 2.80 bits per heavy atom. The Labute approximate surface area is 121 Å². The quantitative estimate of drug-likeness (QED) is 0.762. The van der Waals surface area contributed by atoms with Gasteiger partial charge in [0.05, 0.1) is 12.5 Å². The lowest BCUT2D eigenvalue weighted by Gasteiger charge is -2.13. The van der Waals surface area contributed by atoms with Crippen molar-refractivity contribution >= 4 is 51.3 Å². The minimum Gasteiger partial charge on any atom is -0.548 e. The summed E-state index contributed by atoms with van der Waals surface area (Å²) in [5.74, 6) is -2.69. The number of carbonyl (C=O) groups is 4. The Balaban J connectivity index is 1.93. The lowest BCUT2D eigenvalue weighted by Crippen LogP contribution is -2.42. The maximum absolute atomic E-state index is 11.8. The van der Waals surface area contributed by atoms with Crippen LogP contribution in [0.15, 0.2) is 11.6 Å². The molecule has 1 aromatic rings. The van der Waals surface area contributed by atoms with Crippen LogP contribution in [-0.2, 0) is 14.4 Å². The first-order valence-electron chi connectivity index (χ1n) is 5.38. The Hall–Kier alpha value is -1.94. The van der Waals surface area contributed by atoms with Gasteiger partial charge in [-0.1, -0.05) is 11.8 Å². The van der Waals surface area contributed by atoms with Crippen molar-refractivity contribution in [2.45, 2.75) is 11.7 Å². The van der Waals surface area contributed by atoms with Crippen LogP contribution in [0.25, 0.3) is 0 Å². The smallest absolute Gasteiger partial charge is 0.289 e. The summed E-state index contributed by atoms with van der Waals surface area (Å²) in [5.41, 5.74) is 0. The molecule has 8 nitrogen and oxygen atoms in total. The minimum absolute atomic E-state index is 0.224. The fourth-order valence-corrected chi connectivity index (χ4v) is 3.06. The molecule has 1 fully saturated rings. The molecule has 0 saturated carbocycles. The zero-order valence-corrected chi connectivity index (χ0v) is 11.5. The van der Waals surface area contributed by atoms with Crippen LogP contribution in [0.5, 0.6) is 0 Å². The predicted octanol–water partition coefficient (Wildman–Crippen LogP) is -0.714. The number of imide groups is 1. The number of rotatable bonds is 5. The monoisotopic (exact) mass is 314 g/mol. The topological polar surface area (TPSA) is 120 Å². The number of anilines is 1. The number of carboxylic acid groups (broad SMARTS) is 1. The molecule has 20 heavy (non-hydrogen) atoms. The maximum Gasteiger partial charge on any atom is 0.289 e. The first-order valence-corrected chi connectivity index (χ1v) is 7.14. The molecule has 1 N–H and O–H groups in total. The van der Waals surface area contributed by atoms with Gasteiger partial charge >= 0.3 is 0 Å². The Kier molecular flexibility index (Phi) is 4.35. The zero-order chi connectivity index (χ0) is 14.7. The lowest BCUT2D eigenvalue weighted by atomic mass is 10.2. The number of hydrogen-bond acceptors (Lipinski definition) is 8. The Bertz CT molecular complexity index is 559. The van der Waals surface area contributed by atoms with Crippen molar-refractivity contribution in [2.24, 2.45) is 0 Å². The number of nitrogens with zero attached hydrogens (tertiary/aromatic N) is 2. The number of carboxylic acids is 1. The van der Waals surface area contributed by atoms with Crippen LogP contribution in [-0.4, -0.2) is 44.7 Å². The van der Waals surface area contributed by atoms with Crippen LogP contribution < -0.4 is 10.4 Å². The maximum atomic E-state index is 11.8. The summed E-state index contributed by atoms with van der Waals surface area (Å²) in [7, 11) is 0. The summed E-state index contributed by atoms with van der Waals surface area (Å²) in [4.78, 5) is 49.8. The average molecular weight is 314 g/mol. The molecule has 0 aliphatic carbocycles. The highest BCUT2D eigenvalue weighted by Crippen LogP contribution is 2.29. The SMILES string of the molecule is O=C([O-])CN1C(=O)S[C@@H](CC(=O)Nc2nccs2)C1=O. The molecule has 0 aromatic carbocycles. The van der Waals surface area contributed by atoms with Crippen molar-refractivity contribution < 1.29 is 24.3 Å². The van der Waals surface area contributed by atoms with E-state index in [0.717, 1.165) is 0 Å². The number of nitrogens with one attached hydrogen (secondary N) is 1. The number of amides is 3. The molecular weight excluding hydrogens is 306 g/mol. The molecule has 3 amide bonds. The molecule has 0 unspecified atom stereocenters. The molecule has 2 heterocycles. The minimum atomic E-state index is -1.53. The molecular formula is C10H8N3O5S2-. The third-order valence-electron chi connectivity index (χ3n) is 2.34. The standard InChI is InChI=1S/C10H9N3O5S2/c14-6(12-9-11-1-2-19-9)3-5-8(17)13(4-7(15)16)10(18)20-5/h1-2,5H,3-4H2,(H,15,16)(H,11,12,14)/p-1/t5-/m0/s1. The van der Waals surface area contributed by atoms with Gasteiger partial charge in [0.2, 0.25) is 11.8 Å². The van der Waals surface area contributed by atoms with Crippen LogP contribution in [0.3, 0.4) is 0 Å². The van der Waals surface area contributed by atoms with Crippen LogP contribution in [0, 0.1) is 0 Å². The number of hydrogen-bond donors (Lipinski definition) is 1. The van der Waals surface area contributed by atoms with E-state index in [2.05, 4.69) is 10.3 Å². The third-order valence-corrected chi connectivity index (χ3v) is 4.10. The molecule has 1 atom stereocenters. The second-order valence-corrected chi connectivity index (χ2v) is 5.81. The molecule has 1 aliphatic rings. The molecule has 1 aromatic heterocycles. The summed E-state index contributed by atoms with van der Waals surface area (Å²) in [6.45, 7) is -0.796. The first kappa shape index (κ1) is 14.5. The fraction of sp³-hybridized carbons (Fsp3) is 0.300. The van der Waals surface area contributed by atoms with Crippen LogP contribution in [0.4, 0.5) is 9.93 Å². The molecule has 106 valence electrons. The number of aromatic nitrogens is 1. The van der Waals surface area contributed by atoms with Crippen molar-refractivity contribution in [3.8, 4) is 0 Å². The molecule has 1 aliphatic heterocycles. The van der Waals surface area contributed by atoms with E-state index in [1.165, 1.54) is 17.5 Å². The van der Waals surface area contributed by atoms with Crippen molar-refractivity contribution in [3.63, 3.8) is 0 Å². The predicted molar refractivity (Wildman–Crippen MR) is 68.9 cm³/mol. The number of thiazole rings is 1. The van der Waals surface area contributed by atoms with Gasteiger partial charge in [0, 0.05) is 18.0 Å². The third kappa shape index (κ3) is 3.33. The number of aliphatic carboxylic acids is 1. The average Bonchev–Trinajstić information content (AvgIpc) is 2.93. The van der Waals surface area contributed by atoms with Crippen molar-refractivity contribution in [2.75, 3.05) is 11.9 Å². The molecule has 0 spiro atoms. The van der Waals surface area contributed by atoms with Gasteiger partial charge in [-0.3, -0.25) is 19.3 Å². The van der Waals surface area contributed by atoms with E-state index in [9.17, 15) is 24.3 Å². The number of carbonyl (C=O) groups excluding carboxylic acids is 4. The van der Waals surface area contributed by atoms with Gasteiger partial charge in [0.15, 0.2) is 5.13 Å². The van der Waals surface area contributed by atoms with Crippen molar-refractivity contribution in [1.29, 1.82) is 0 Å². The largest absolute Gasteiger partial charge is 0.548 e. The summed E-state index contributed by atoms with van der Waals surface area (Å²) in [5, 5.41) is 13.4. The molecule has 10 heteroatoms. The molecule has 1 saturated heterocycles. The van der Waals surface area contributed by atoms with Gasteiger partial charge in [-0.05, 0) is 0 Å². The van der Waals surface area contributed by atoms with E-state index < -0.39 is 34.8 Å². The van der Waals surface area contributed by atoms with Gasteiger partial charge in [0.25, 0.3) is 5.24 Å². The summed E-state index contributed by atoms with van der Waals surface area (Å²) in [6, 6.07) is 0. The zero-order valence-electron chi connectivity index (χ0n) is 9.90. The Morgan fingerprint density at radius 1 is 1.45 bits per heavy atom. The normalized spacial score (nSPS) is 18.4. The summed E-state index contributed by atoms with van der Waals surface area (Å²) >= 11 is 1.85. The highest BCUT2D eigenvalue weighted by Gasteiger charge is 2.40. The summed E-state index contributed by atoms with van der Waals surface area (Å²) < 4.78 is 0. The Morgan fingerprint density at radius 2 is 2.20 bits per heavy atom. The lowest BCUT2D eigenvalue weighted by molar-refractivity contribution is -0.305. The van der Waals surface area contributed by atoms with Gasteiger partial charge in [-0.2, -0.15) is 0 Å². The van der Waals surface area contributed by atoms with E-state index in [0.29, 0.717) is 21.8 Å². The molecule has 0 radical (unpaired) electrons. The summed E-state index contributed by atoms with van der Waals surface area (Å²) in [6.07, 6.45) is 1.29. The van der Waals surface area contributed by atoms with Gasteiger partial charge < -0.3 is 15.2 Å². The van der Waals surface area contributed by atoms with E-state index in [-0.39, 0.29) is 6.42 Å². The highest BCUT2D eigenvalue weighted by atomic mass is 32.2. The van der Waals surface area contributed by atoms with Gasteiger partial charge in [-0.25, -0.2) is 4.98 Å². The first-order chi connectivity index (χ1) is 9.47. The van der Waals surface area contributed by atoms with E-state index >= 15 is 0 Å². The molecule has 2 rings (SSSR count). The van der Waals surface area contributed by atoms with Crippen LogP contribution in [0.1, 0.15) is 6.42 Å². The van der Waals surface area contributed by atoms with Gasteiger partial charge in [-0.15, -0.1) is 11.3 Å². The van der Waals surface area contributed by atoms with E-state index in [1.54, 1.807) is 5.38 Å². The second-order valence-electron chi connectivity index (χ2n) is 3.76. The van der Waals surface area contributed by atoms with Crippen LogP contribution in [0.2, 0.25) is 0 Å². The van der Waals surface area contributed by atoms with Crippen molar-refractivity contribution in [3.05, 3.63) is 11.6 Å². The van der Waals surface area contributed by atoms with Gasteiger partial charge in [0.1, 0.15) is 5.25 Å². The second kappa shape index (κ2) is 6.01. The van der Waals surface area contributed by atoms with Crippen molar-refractivity contribution in [1.82, 2.24) is 9.88 Å². The molecule has 0 bridgehead atoms. The van der Waals surface area contributed by atoms with Crippen LogP contribution >= 0.6 is 23.1 Å². The fourth-order valence-electron chi connectivity index (χ4n) is 1.52. The number of thioether (sulfide) groups is 1. The van der Waals surface area contributed by atoms with E-state index in [4.69, 9.17) is 0 Å².